The van der Waals surface area contributed by atoms with Crippen LogP contribution < -0.4 is 10.1 Å². The van der Waals surface area contributed by atoms with Gasteiger partial charge in [0.15, 0.2) is 17.0 Å². The van der Waals surface area contributed by atoms with Crippen molar-refractivity contribution in [3.05, 3.63) is 21.9 Å². The van der Waals surface area contributed by atoms with Crippen molar-refractivity contribution >= 4 is 39.9 Å². The molecule has 3 aromatic rings. The molecule has 10 heteroatoms. The molecule has 1 atom stereocenters. The summed E-state index contributed by atoms with van der Waals surface area (Å²) in [6.07, 6.45) is 1.15. The van der Waals surface area contributed by atoms with E-state index in [0.29, 0.717) is 36.1 Å². The number of nitrogens with one attached hydrogen (secondary N) is 2. The van der Waals surface area contributed by atoms with Crippen LogP contribution in [0.15, 0.2) is 10.9 Å². The molecule has 1 aliphatic heterocycles. The lowest BCUT2D eigenvalue weighted by molar-refractivity contribution is -0.0732. The minimum Gasteiger partial charge on any atom is -0.462 e. The zero-order valence-electron chi connectivity index (χ0n) is 12.0. The predicted octanol–water partition coefficient (Wildman–Crippen LogP) is 2.24. The van der Waals surface area contributed by atoms with E-state index < -0.39 is 0 Å². The summed E-state index contributed by atoms with van der Waals surface area (Å²) in [6.45, 7) is 1.79. The number of aromatic amines is 1. The summed E-state index contributed by atoms with van der Waals surface area (Å²) < 4.78 is 10.9. The van der Waals surface area contributed by atoms with Crippen LogP contribution in [-0.4, -0.2) is 44.2 Å². The van der Waals surface area contributed by atoms with E-state index in [2.05, 4.69) is 30.2 Å². The lowest BCUT2D eigenvalue weighted by atomic mass is 10.2. The highest BCUT2D eigenvalue weighted by Crippen LogP contribution is 2.23. The molecule has 1 fully saturated rings. The molecule has 4 rings (SSSR count). The van der Waals surface area contributed by atoms with Crippen LogP contribution in [-0.2, 0) is 11.3 Å². The van der Waals surface area contributed by atoms with Gasteiger partial charge in [-0.1, -0.05) is 0 Å². The number of hydrogen-bond acceptors (Lipinski definition) is 8. The molecule has 0 radical (unpaired) electrons. The molecule has 23 heavy (non-hydrogen) atoms. The number of halogens is 1. The van der Waals surface area contributed by atoms with Gasteiger partial charge < -0.3 is 14.8 Å². The summed E-state index contributed by atoms with van der Waals surface area (Å²) >= 11 is 7.51. The molecule has 2 N–H and O–H groups in total. The molecule has 0 aliphatic carbocycles. The molecule has 4 heterocycles. The van der Waals surface area contributed by atoms with Gasteiger partial charge in [0.25, 0.3) is 6.01 Å². The molecule has 0 spiro atoms. The predicted molar refractivity (Wildman–Crippen MR) is 86.0 cm³/mol. The van der Waals surface area contributed by atoms with Crippen LogP contribution >= 0.6 is 22.9 Å². The van der Waals surface area contributed by atoms with Crippen LogP contribution in [0.3, 0.4) is 0 Å². The van der Waals surface area contributed by atoms with Gasteiger partial charge in [-0.2, -0.15) is 15.0 Å². The van der Waals surface area contributed by atoms with Crippen LogP contribution in [0, 0.1) is 0 Å². The van der Waals surface area contributed by atoms with E-state index in [9.17, 15) is 0 Å². The lowest BCUT2D eigenvalue weighted by Crippen LogP contribution is -2.32. The van der Waals surface area contributed by atoms with E-state index >= 15 is 0 Å². The number of imidazole rings is 1. The van der Waals surface area contributed by atoms with Gasteiger partial charge in [-0.15, -0.1) is 11.3 Å². The Labute approximate surface area is 140 Å². The summed E-state index contributed by atoms with van der Waals surface area (Å²) in [4.78, 5) is 19.9. The second-order valence-corrected chi connectivity index (χ2v) is 6.06. The average Bonchev–Trinajstić information content (AvgIpc) is 3.11. The Hall–Kier alpha value is -1.97. The van der Waals surface area contributed by atoms with Crippen molar-refractivity contribution < 1.29 is 9.47 Å². The monoisotopic (exact) mass is 352 g/mol. The van der Waals surface area contributed by atoms with E-state index in [0.717, 1.165) is 18.7 Å². The van der Waals surface area contributed by atoms with Gasteiger partial charge in [0, 0.05) is 18.4 Å². The summed E-state index contributed by atoms with van der Waals surface area (Å²) in [5.41, 5.74) is 3.80. The van der Waals surface area contributed by atoms with Crippen molar-refractivity contribution in [2.24, 2.45) is 0 Å². The zero-order chi connectivity index (χ0) is 15.6. The van der Waals surface area contributed by atoms with E-state index in [1.165, 1.54) is 11.3 Å². The van der Waals surface area contributed by atoms with Crippen LogP contribution in [0.25, 0.3) is 11.2 Å². The van der Waals surface area contributed by atoms with E-state index in [4.69, 9.17) is 21.1 Å². The van der Waals surface area contributed by atoms with Gasteiger partial charge >= 0.3 is 0 Å². The molecule has 3 aromatic heterocycles. The standard InChI is InChI=1S/C13H13ClN6O2S/c14-12-18-10(15-3-7-5-23-6-16-7)9-11(19-12)20-13(17-9)22-4-8-1-2-21-8/h5-6,8H,1-4H2,(H2,15,17,18,19,20). The minimum atomic E-state index is 0.135. The second-order valence-electron chi connectivity index (χ2n) is 5.01. The molecule has 1 aliphatic rings. The molecule has 8 nitrogen and oxygen atoms in total. The van der Waals surface area contributed by atoms with Crippen molar-refractivity contribution in [1.29, 1.82) is 0 Å². The number of nitrogens with zero attached hydrogens (tertiary/aromatic N) is 4. The first-order valence-electron chi connectivity index (χ1n) is 7.06. The second kappa shape index (κ2) is 6.26. The summed E-state index contributed by atoms with van der Waals surface area (Å²) in [6, 6.07) is 0.378. The quantitative estimate of drug-likeness (QED) is 0.656. The minimum absolute atomic E-state index is 0.135. The molecular formula is C13H13ClN6O2S. The fourth-order valence-electron chi connectivity index (χ4n) is 2.13. The maximum atomic E-state index is 5.97. The Morgan fingerprint density at radius 1 is 1.43 bits per heavy atom. The molecule has 0 saturated carbocycles. The van der Waals surface area contributed by atoms with Crippen molar-refractivity contribution in [2.45, 2.75) is 19.1 Å². The van der Waals surface area contributed by atoms with Crippen LogP contribution in [0.1, 0.15) is 12.1 Å². The van der Waals surface area contributed by atoms with E-state index in [-0.39, 0.29) is 11.4 Å². The summed E-state index contributed by atoms with van der Waals surface area (Å²) in [5.74, 6) is 0.541. The molecule has 0 bridgehead atoms. The number of H-pyrrole nitrogens is 1. The van der Waals surface area contributed by atoms with Crippen LogP contribution in [0.4, 0.5) is 5.82 Å². The Morgan fingerprint density at radius 3 is 3.09 bits per heavy atom. The van der Waals surface area contributed by atoms with Gasteiger partial charge in [0.2, 0.25) is 5.28 Å². The number of fused-ring (bicyclic) bond motifs is 1. The largest absolute Gasteiger partial charge is 0.462 e. The summed E-state index contributed by atoms with van der Waals surface area (Å²) in [7, 11) is 0. The van der Waals surface area contributed by atoms with Crippen molar-refractivity contribution in [2.75, 3.05) is 18.5 Å². The highest BCUT2D eigenvalue weighted by Gasteiger charge is 2.20. The first-order chi connectivity index (χ1) is 11.3. The third kappa shape index (κ3) is 3.21. The Kier molecular flexibility index (Phi) is 3.98. The summed E-state index contributed by atoms with van der Waals surface area (Å²) in [5, 5.41) is 5.28. The topological polar surface area (TPSA) is 97.8 Å². The van der Waals surface area contributed by atoms with Gasteiger partial charge in [-0.3, -0.25) is 4.98 Å². The number of rotatable bonds is 6. The van der Waals surface area contributed by atoms with Crippen molar-refractivity contribution in [1.82, 2.24) is 24.9 Å². The number of thiazole rings is 1. The van der Waals surface area contributed by atoms with Gasteiger partial charge in [-0.05, 0) is 11.6 Å². The lowest BCUT2D eigenvalue weighted by Gasteiger charge is -2.25. The third-order valence-corrected chi connectivity index (χ3v) is 4.22. The number of aromatic nitrogens is 5. The fraction of sp³-hybridized carbons (Fsp3) is 0.385. The van der Waals surface area contributed by atoms with Gasteiger partial charge in [0.1, 0.15) is 6.61 Å². The smallest absolute Gasteiger partial charge is 0.296 e. The zero-order valence-corrected chi connectivity index (χ0v) is 13.5. The molecule has 1 saturated heterocycles. The molecular weight excluding hydrogens is 340 g/mol. The number of hydrogen-bond donors (Lipinski definition) is 2. The van der Waals surface area contributed by atoms with E-state index in [1.807, 2.05) is 5.38 Å². The normalized spacial score (nSPS) is 17.2. The average molecular weight is 353 g/mol. The first kappa shape index (κ1) is 14.6. The third-order valence-electron chi connectivity index (χ3n) is 3.42. The van der Waals surface area contributed by atoms with Crippen LogP contribution in [0.5, 0.6) is 6.01 Å². The number of anilines is 1. The number of ether oxygens (including phenoxy) is 2. The Morgan fingerprint density at radius 2 is 2.35 bits per heavy atom. The highest BCUT2D eigenvalue weighted by molar-refractivity contribution is 7.07. The molecule has 0 aromatic carbocycles. The van der Waals surface area contributed by atoms with Crippen LogP contribution in [0.2, 0.25) is 5.28 Å². The molecule has 120 valence electrons. The maximum Gasteiger partial charge on any atom is 0.296 e. The SMILES string of the molecule is Clc1nc(NCc2cscn2)c2nc(OCC3CCO3)[nH]c2n1. The fourth-order valence-corrected chi connectivity index (χ4v) is 2.86. The first-order valence-corrected chi connectivity index (χ1v) is 8.38. The Bertz CT molecular complexity index is 804. The maximum absolute atomic E-state index is 5.97. The van der Waals surface area contributed by atoms with Crippen molar-refractivity contribution in [3.8, 4) is 6.01 Å². The molecule has 0 amide bonds. The van der Waals surface area contributed by atoms with Gasteiger partial charge in [0.05, 0.1) is 23.9 Å². The van der Waals surface area contributed by atoms with Gasteiger partial charge in [-0.25, -0.2) is 4.98 Å². The highest BCUT2D eigenvalue weighted by atomic mass is 35.5. The molecule has 1 unspecified atom stereocenters. The van der Waals surface area contributed by atoms with E-state index in [1.54, 1.807) is 5.51 Å². The Balaban J connectivity index is 1.54. The van der Waals surface area contributed by atoms with Crippen molar-refractivity contribution in [3.63, 3.8) is 0 Å².